The normalized spacial score (nSPS) is 9.06. The molecule has 0 fully saturated rings. The molecule has 1 aromatic rings. The van der Waals surface area contributed by atoms with Crippen LogP contribution in [0.4, 0.5) is 0 Å². The first-order valence-electron chi connectivity index (χ1n) is 5.03. The highest BCUT2D eigenvalue weighted by Crippen LogP contribution is 2.14. The van der Waals surface area contributed by atoms with Crippen molar-refractivity contribution in [3.8, 4) is 11.8 Å². The van der Waals surface area contributed by atoms with E-state index >= 15 is 0 Å². The Bertz CT molecular complexity index is 468. The number of rotatable bonds is 3. The molecule has 1 aromatic heterocycles. The predicted molar refractivity (Wildman–Crippen MR) is 65.8 cm³/mol. The molecule has 0 saturated heterocycles. The number of hydrogen-bond donors (Lipinski definition) is 1. The van der Waals surface area contributed by atoms with E-state index in [0.717, 1.165) is 5.56 Å². The molecule has 17 heavy (non-hydrogen) atoms. The molecule has 90 valence electrons. The zero-order valence-corrected chi connectivity index (χ0v) is 10.5. The predicted octanol–water partition coefficient (Wildman–Crippen LogP) is 1.41. The lowest BCUT2D eigenvalue weighted by molar-refractivity contribution is -0.118. The van der Waals surface area contributed by atoms with Crippen LogP contribution in [0, 0.1) is 11.8 Å². The minimum atomic E-state index is -0.346. The Balaban J connectivity index is 2.46. The fourth-order valence-electron chi connectivity index (χ4n) is 1.08. The van der Waals surface area contributed by atoms with Crippen LogP contribution in [0.5, 0.6) is 0 Å². The van der Waals surface area contributed by atoms with Gasteiger partial charge in [0.25, 0.3) is 0 Å². The van der Waals surface area contributed by atoms with E-state index in [9.17, 15) is 9.59 Å². The zero-order chi connectivity index (χ0) is 12.7. The maximum Gasteiger partial charge on any atom is 0.348 e. The zero-order valence-electron chi connectivity index (χ0n) is 9.70. The maximum atomic E-state index is 11.2. The van der Waals surface area contributed by atoms with Crippen LogP contribution in [0.25, 0.3) is 0 Å². The van der Waals surface area contributed by atoms with Gasteiger partial charge in [-0.15, -0.1) is 11.3 Å². The topological polar surface area (TPSA) is 55.4 Å². The van der Waals surface area contributed by atoms with Crippen molar-refractivity contribution in [1.29, 1.82) is 0 Å². The molecule has 0 aromatic carbocycles. The van der Waals surface area contributed by atoms with E-state index in [2.05, 4.69) is 21.9 Å². The molecule has 0 bridgehead atoms. The highest BCUT2D eigenvalue weighted by molar-refractivity contribution is 7.12. The van der Waals surface area contributed by atoms with Gasteiger partial charge in [0.15, 0.2) is 0 Å². The van der Waals surface area contributed by atoms with E-state index in [-0.39, 0.29) is 11.9 Å². The third kappa shape index (κ3) is 4.70. The van der Waals surface area contributed by atoms with Crippen molar-refractivity contribution in [2.45, 2.75) is 13.3 Å². The van der Waals surface area contributed by atoms with Crippen molar-refractivity contribution in [3.63, 3.8) is 0 Å². The van der Waals surface area contributed by atoms with Crippen molar-refractivity contribution < 1.29 is 14.3 Å². The van der Waals surface area contributed by atoms with Crippen molar-refractivity contribution in [2.75, 3.05) is 13.7 Å². The van der Waals surface area contributed by atoms with Crippen LogP contribution in [0.1, 0.15) is 28.6 Å². The lowest BCUT2D eigenvalue weighted by Gasteiger charge is -1.94. The van der Waals surface area contributed by atoms with E-state index < -0.39 is 0 Å². The summed E-state index contributed by atoms with van der Waals surface area (Å²) in [5.74, 6) is 5.43. The van der Waals surface area contributed by atoms with Crippen LogP contribution in [-0.2, 0) is 9.53 Å². The first-order chi connectivity index (χ1) is 8.13. The first-order valence-corrected chi connectivity index (χ1v) is 5.91. The monoisotopic (exact) mass is 251 g/mol. The molecule has 0 aliphatic heterocycles. The van der Waals surface area contributed by atoms with E-state index in [1.165, 1.54) is 25.4 Å². The minimum absolute atomic E-state index is 0.0599. The Kier molecular flexibility index (Phi) is 5.24. The van der Waals surface area contributed by atoms with Crippen molar-refractivity contribution in [1.82, 2.24) is 5.32 Å². The SMILES string of the molecule is COC(=O)c1cc(C#CCCNC(C)=O)cs1. The minimum Gasteiger partial charge on any atom is -0.465 e. The van der Waals surface area contributed by atoms with Crippen LogP contribution >= 0.6 is 11.3 Å². The summed E-state index contributed by atoms with van der Waals surface area (Å²) in [4.78, 5) is 22.3. The third-order valence-corrected chi connectivity index (χ3v) is 2.75. The van der Waals surface area contributed by atoms with Gasteiger partial charge in [0, 0.05) is 30.8 Å². The second-order valence-corrected chi connectivity index (χ2v) is 4.14. The van der Waals surface area contributed by atoms with Crippen LogP contribution in [0.3, 0.4) is 0 Å². The quantitative estimate of drug-likeness (QED) is 0.502. The van der Waals surface area contributed by atoms with Gasteiger partial charge in [-0.05, 0) is 6.07 Å². The Hall–Kier alpha value is -1.80. The average molecular weight is 251 g/mol. The number of amides is 1. The number of thiophene rings is 1. The van der Waals surface area contributed by atoms with Gasteiger partial charge in [-0.1, -0.05) is 11.8 Å². The Morgan fingerprint density at radius 2 is 2.29 bits per heavy atom. The van der Waals surface area contributed by atoms with Crippen LogP contribution in [0.2, 0.25) is 0 Å². The highest BCUT2D eigenvalue weighted by Gasteiger charge is 2.07. The van der Waals surface area contributed by atoms with Gasteiger partial charge in [-0.25, -0.2) is 4.79 Å². The van der Waals surface area contributed by atoms with Crippen LogP contribution < -0.4 is 5.32 Å². The van der Waals surface area contributed by atoms with Crippen molar-refractivity contribution >= 4 is 23.2 Å². The molecule has 0 aliphatic carbocycles. The summed E-state index contributed by atoms with van der Waals surface area (Å²) in [6.07, 6.45) is 0.586. The standard InChI is InChI=1S/C12H13NO3S/c1-9(14)13-6-4-3-5-10-7-11(17-8-10)12(15)16-2/h7-8H,4,6H2,1-2H3,(H,13,14). The second kappa shape index (κ2) is 6.71. The molecule has 0 atom stereocenters. The largest absolute Gasteiger partial charge is 0.465 e. The lowest BCUT2D eigenvalue weighted by atomic mass is 10.3. The summed E-state index contributed by atoms with van der Waals surface area (Å²) >= 11 is 1.30. The van der Waals surface area contributed by atoms with Crippen molar-refractivity contribution in [3.05, 3.63) is 21.9 Å². The van der Waals surface area contributed by atoms with Gasteiger partial charge < -0.3 is 10.1 Å². The molecule has 4 nitrogen and oxygen atoms in total. The third-order valence-electron chi connectivity index (χ3n) is 1.84. The van der Waals surface area contributed by atoms with Gasteiger partial charge in [-0.3, -0.25) is 4.79 Å². The van der Waals surface area contributed by atoms with Gasteiger partial charge >= 0.3 is 5.97 Å². The maximum absolute atomic E-state index is 11.2. The van der Waals surface area contributed by atoms with Gasteiger partial charge in [0.2, 0.25) is 5.91 Å². The van der Waals surface area contributed by atoms with Crippen LogP contribution in [-0.4, -0.2) is 25.5 Å². The average Bonchev–Trinajstić information content (AvgIpc) is 2.76. The molecule has 5 heteroatoms. The molecule has 1 amide bonds. The molecule has 0 unspecified atom stereocenters. The number of hydrogen-bond acceptors (Lipinski definition) is 4. The molecular formula is C12H13NO3S. The summed E-state index contributed by atoms with van der Waals surface area (Å²) in [5, 5.41) is 4.45. The summed E-state index contributed by atoms with van der Waals surface area (Å²) in [6.45, 7) is 2.01. The molecular weight excluding hydrogens is 238 g/mol. The summed E-state index contributed by atoms with van der Waals surface area (Å²) in [6, 6.07) is 1.70. The van der Waals surface area contributed by atoms with Gasteiger partial charge in [0.05, 0.1) is 7.11 Å². The molecule has 0 radical (unpaired) electrons. The number of methoxy groups -OCH3 is 1. The molecule has 0 saturated carbocycles. The number of carbonyl (C=O) groups excluding carboxylic acids is 2. The van der Waals surface area contributed by atoms with Gasteiger partial charge in [0.1, 0.15) is 4.88 Å². The Morgan fingerprint density at radius 3 is 2.94 bits per heavy atom. The number of nitrogens with one attached hydrogen (secondary N) is 1. The molecule has 1 N–H and O–H groups in total. The first kappa shape index (κ1) is 13.3. The van der Waals surface area contributed by atoms with E-state index in [1.807, 2.05) is 0 Å². The van der Waals surface area contributed by atoms with E-state index in [4.69, 9.17) is 0 Å². The van der Waals surface area contributed by atoms with Gasteiger partial charge in [-0.2, -0.15) is 0 Å². The highest BCUT2D eigenvalue weighted by atomic mass is 32.1. The fourth-order valence-corrected chi connectivity index (χ4v) is 1.83. The summed E-state index contributed by atoms with van der Waals surface area (Å²) in [7, 11) is 1.35. The molecule has 0 spiro atoms. The summed E-state index contributed by atoms with van der Waals surface area (Å²) < 4.78 is 4.59. The smallest absolute Gasteiger partial charge is 0.348 e. The van der Waals surface area contributed by atoms with Crippen LogP contribution in [0.15, 0.2) is 11.4 Å². The Morgan fingerprint density at radius 1 is 1.53 bits per heavy atom. The Labute approximate surface area is 104 Å². The van der Waals surface area contributed by atoms with E-state index in [1.54, 1.807) is 11.4 Å². The lowest BCUT2D eigenvalue weighted by Crippen LogP contribution is -2.20. The fraction of sp³-hybridized carbons (Fsp3) is 0.333. The number of ether oxygens (including phenoxy) is 1. The number of carbonyl (C=O) groups is 2. The molecule has 1 heterocycles. The summed E-state index contributed by atoms with van der Waals surface area (Å²) in [5.41, 5.74) is 0.790. The number of esters is 1. The second-order valence-electron chi connectivity index (χ2n) is 3.23. The molecule has 1 rings (SSSR count). The van der Waals surface area contributed by atoms with Crippen molar-refractivity contribution in [2.24, 2.45) is 0 Å². The van der Waals surface area contributed by atoms with E-state index in [0.29, 0.717) is 17.8 Å². The molecule has 0 aliphatic rings.